The van der Waals surface area contributed by atoms with Crippen molar-refractivity contribution in [3.8, 4) is 0 Å². The SMILES string of the molecule is CCc1cc(NC2CC(O)C2)ncn1. The molecule has 0 amide bonds. The molecule has 76 valence electrons. The van der Waals surface area contributed by atoms with Crippen molar-refractivity contribution in [2.24, 2.45) is 0 Å². The highest BCUT2D eigenvalue weighted by Gasteiger charge is 2.27. The highest BCUT2D eigenvalue weighted by Crippen LogP contribution is 2.22. The molecule has 0 atom stereocenters. The van der Waals surface area contributed by atoms with Crippen molar-refractivity contribution in [3.05, 3.63) is 18.1 Å². The van der Waals surface area contributed by atoms with E-state index in [1.165, 1.54) is 0 Å². The van der Waals surface area contributed by atoms with E-state index in [1.54, 1.807) is 6.33 Å². The summed E-state index contributed by atoms with van der Waals surface area (Å²) in [5.74, 6) is 0.869. The van der Waals surface area contributed by atoms with E-state index in [0.29, 0.717) is 6.04 Å². The van der Waals surface area contributed by atoms with E-state index in [9.17, 15) is 0 Å². The minimum atomic E-state index is -0.125. The topological polar surface area (TPSA) is 58.0 Å². The third-order valence-corrected chi connectivity index (χ3v) is 2.55. The standard InChI is InChI=1S/C10H15N3O/c1-2-7-5-10(12-6-11-7)13-8-3-9(14)4-8/h5-6,8-9,14H,2-4H2,1H3,(H,11,12,13). The number of anilines is 1. The lowest BCUT2D eigenvalue weighted by Gasteiger charge is -2.32. The molecule has 1 aliphatic rings. The highest BCUT2D eigenvalue weighted by atomic mass is 16.3. The second-order valence-electron chi connectivity index (χ2n) is 3.71. The molecule has 2 rings (SSSR count). The number of hydrogen-bond acceptors (Lipinski definition) is 4. The number of nitrogens with one attached hydrogen (secondary N) is 1. The third-order valence-electron chi connectivity index (χ3n) is 2.55. The zero-order valence-electron chi connectivity index (χ0n) is 8.27. The monoisotopic (exact) mass is 193 g/mol. The number of aliphatic hydroxyl groups excluding tert-OH is 1. The van der Waals surface area contributed by atoms with Crippen molar-refractivity contribution >= 4 is 5.82 Å². The maximum atomic E-state index is 9.12. The highest BCUT2D eigenvalue weighted by molar-refractivity contribution is 5.36. The average molecular weight is 193 g/mol. The van der Waals surface area contributed by atoms with Gasteiger partial charge in [0.25, 0.3) is 0 Å². The molecule has 1 aromatic heterocycles. The Balaban J connectivity index is 1.95. The summed E-state index contributed by atoms with van der Waals surface area (Å²) in [5, 5.41) is 12.4. The van der Waals surface area contributed by atoms with E-state index in [4.69, 9.17) is 5.11 Å². The Kier molecular flexibility index (Phi) is 2.63. The Morgan fingerprint density at radius 1 is 1.50 bits per heavy atom. The molecule has 0 unspecified atom stereocenters. The first-order valence-electron chi connectivity index (χ1n) is 5.03. The van der Waals surface area contributed by atoms with Crippen LogP contribution in [0.1, 0.15) is 25.5 Å². The van der Waals surface area contributed by atoms with Gasteiger partial charge < -0.3 is 10.4 Å². The summed E-state index contributed by atoms with van der Waals surface area (Å²) >= 11 is 0. The molecule has 14 heavy (non-hydrogen) atoms. The summed E-state index contributed by atoms with van der Waals surface area (Å²) < 4.78 is 0. The van der Waals surface area contributed by atoms with Crippen LogP contribution in [0.25, 0.3) is 0 Å². The van der Waals surface area contributed by atoms with Gasteiger partial charge in [-0.25, -0.2) is 9.97 Å². The van der Waals surface area contributed by atoms with Crippen LogP contribution in [0.4, 0.5) is 5.82 Å². The molecule has 0 saturated heterocycles. The van der Waals surface area contributed by atoms with Crippen molar-refractivity contribution in [2.45, 2.75) is 38.3 Å². The number of rotatable bonds is 3. The lowest BCUT2D eigenvalue weighted by atomic mass is 9.89. The van der Waals surface area contributed by atoms with Gasteiger partial charge in [0, 0.05) is 17.8 Å². The fraction of sp³-hybridized carbons (Fsp3) is 0.600. The second-order valence-corrected chi connectivity index (χ2v) is 3.71. The smallest absolute Gasteiger partial charge is 0.129 e. The van der Waals surface area contributed by atoms with Crippen LogP contribution in [0.2, 0.25) is 0 Å². The Hall–Kier alpha value is -1.16. The van der Waals surface area contributed by atoms with Gasteiger partial charge in [-0.3, -0.25) is 0 Å². The van der Waals surface area contributed by atoms with Crippen molar-refractivity contribution < 1.29 is 5.11 Å². The Morgan fingerprint density at radius 2 is 2.29 bits per heavy atom. The number of aromatic nitrogens is 2. The van der Waals surface area contributed by atoms with Gasteiger partial charge in [-0.15, -0.1) is 0 Å². The van der Waals surface area contributed by atoms with E-state index < -0.39 is 0 Å². The zero-order chi connectivity index (χ0) is 9.97. The molecule has 1 fully saturated rings. The largest absolute Gasteiger partial charge is 0.393 e. The summed E-state index contributed by atoms with van der Waals surface area (Å²) in [7, 11) is 0. The molecule has 4 nitrogen and oxygen atoms in total. The lowest BCUT2D eigenvalue weighted by Crippen LogP contribution is -2.39. The van der Waals surface area contributed by atoms with Crippen LogP contribution >= 0.6 is 0 Å². The molecule has 1 heterocycles. The molecule has 1 aromatic rings. The zero-order valence-corrected chi connectivity index (χ0v) is 8.27. The van der Waals surface area contributed by atoms with E-state index in [0.717, 1.165) is 30.8 Å². The van der Waals surface area contributed by atoms with Crippen LogP contribution in [0.3, 0.4) is 0 Å². The molecule has 1 aliphatic carbocycles. The summed E-state index contributed by atoms with van der Waals surface area (Å²) in [6.45, 7) is 2.07. The maximum Gasteiger partial charge on any atom is 0.129 e. The summed E-state index contributed by atoms with van der Waals surface area (Å²) in [4.78, 5) is 8.25. The molecule has 0 bridgehead atoms. The molecule has 2 N–H and O–H groups in total. The van der Waals surface area contributed by atoms with Crippen LogP contribution in [0, 0.1) is 0 Å². The maximum absolute atomic E-state index is 9.12. The summed E-state index contributed by atoms with van der Waals surface area (Å²) in [6, 6.07) is 2.34. The Labute approximate surface area is 83.4 Å². The molecule has 4 heteroatoms. The lowest BCUT2D eigenvalue weighted by molar-refractivity contribution is 0.0835. The first-order valence-corrected chi connectivity index (χ1v) is 5.03. The second kappa shape index (κ2) is 3.92. The number of aryl methyl sites for hydroxylation is 1. The van der Waals surface area contributed by atoms with E-state index >= 15 is 0 Å². The van der Waals surface area contributed by atoms with Gasteiger partial charge in [0.15, 0.2) is 0 Å². The third kappa shape index (κ3) is 2.01. The van der Waals surface area contributed by atoms with Crippen LogP contribution in [0.5, 0.6) is 0 Å². The number of nitrogens with zero attached hydrogens (tertiary/aromatic N) is 2. The predicted molar refractivity (Wildman–Crippen MR) is 54.1 cm³/mol. The van der Waals surface area contributed by atoms with Crippen molar-refractivity contribution in [3.63, 3.8) is 0 Å². The van der Waals surface area contributed by atoms with Gasteiger partial charge in [-0.2, -0.15) is 0 Å². The molecule has 1 saturated carbocycles. The van der Waals surface area contributed by atoms with Gasteiger partial charge in [-0.1, -0.05) is 6.92 Å². The molecule has 0 aliphatic heterocycles. The van der Waals surface area contributed by atoms with E-state index in [-0.39, 0.29) is 6.10 Å². The van der Waals surface area contributed by atoms with Gasteiger partial charge in [-0.05, 0) is 19.3 Å². The van der Waals surface area contributed by atoms with Crippen molar-refractivity contribution in [1.82, 2.24) is 9.97 Å². The fourth-order valence-corrected chi connectivity index (χ4v) is 1.58. The van der Waals surface area contributed by atoms with Gasteiger partial charge in [0.05, 0.1) is 6.10 Å². The van der Waals surface area contributed by atoms with Crippen LogP contribution in [0.15, 0.2) is 12.4 Å². The molecule has 0 spiro atoms. The quantitative estimate of drug-likeness (QED) is 0.751. The van der Waals surface area contributed by atoms with E-state index in [2.05, 4.69) is 22.2 Å². The molecule has 0 aromatic carbocycles. The molecular formula is C10H15N3O. The molecular weight excluding hydrogens is 178 g/mol. The minimum absolute atomic E-state index is 0.125. The van der Waals surface area contributed by atoms with Crippen molar-refractivity contribution in [1.29, 1.82) is 0 Å². The van der Waals surface area contributed by atoms with Crippen LogP contribution < -0.4 is 5.32 Å². The van der Waals surface area contributed by atoms with Crippen LogP contribution in [-0.4, -0.2) is 27.2 Å². The summed E-state index contributed by atoms with van der Waals surface area (Å²) in [5.41, 5.74) is 1.04. The van der Waals surface area contributed by atoms with Crippen molar-refractivity contribution in [2.75, 3.05) is 5.32 Å². The normalized spacial score (nSPS) is 25.6. The Morgan fingerprint density at radius 3 is 2.93 bits per heavy atom. The van der Waals surface area contributed by atoms with Crippen LogP contribution in [-0.2, 0) is 6.42 Å². The first-order chi connectivity index (χ1) is 6.78. The predicted octanol–water partition coefficient (Wildman–Crippen LogP) is 0.974. The Bertz CT molecular complexity index is 310. The molecule has 0 radical (unpaired) electrons. The van der Waals surface area contributed by atoms with E-state index in [1.807, 2.05) is 6.07 Å². The fourth-order valence-electron chi connectivity index (χ4n) is 1.58. The minimum Gasteiger partial charge on any atom is -0.393 e. The first kappa shape index (κ1) is 9.40. The summed E-state index contributed by atoms with van der Waals surface area (Å²) in [6.07, 6.45) is 4.03. The van der Waals surface area contributed by atoms with Gasteiger partial charge >= 0.3 is 0 Å². The van der Waals surface area contributed by atoms with Gasteiger partial charge in [0.1, 0.15) is 12.1 Å². The number of aliphatic hydroxyl groups is 1. The van der Waals surface area contributed by atoms with Gasteiger partial charge in [0.2, 0.25) is 0 Å². The number of hydrogen-bond donors (Lipinski definition) is 2. The average Bonchev–Trinajstić information content (AvgIpc) is 2.16.